The lowest BCUT2D eigenvalue weighted by Gasteiger charge is -2.21. The van der Waals surface area contributed by atoms with Crippen LogP contribution in [-0.4, -0.2) is 30.0 Å². The minimum Gasteiger partial charge on any atom is -0.352 e. The number of thioether (sulfide) groups is 1. The standard InChI is InChI=1S/C12H24N2OS/c1-8-4-5-11(9(8)2)14-12(15)10(13)6-7-16-3/h8-11H,4-7,13H2,1-3H3,(H,14,15)/t8?,9?,10-,11?/m0/s1. The second-order valence-electron chi connectivity index (χ2n) is 4.92. The van der Waals surface area contributed by atoms with Crippen molar-refractivity contribution in [2.45, 2.75) is 45.2 Å². The highest BCUT2D eigenvalue weighted by atomic mass is 32.2. The molecule has 4 heteroatoms. The normalized spacial score (nSPS) is 31.4. The third-order valence-corrected chi connectivity index (χ3v) is 4.41. The third kappa shape index (κ3) is 3.67. The van der Waals surface area contributed by atoms with Gasteiger partial charge < -0.3 is 11.1 Å². The molecule has 0 aromatic carbocycles. The molecule has 0 radical (unpaired) electrons. The Morgan fingerprint density at radius 3 is 2.69 bits per heavy atom. The van der Waals surface area contributed by atoms with Crippen molar-refractivity contribution in [2.24, 2.45) is 17.6 Å². The zero-order chi connectivity index (χ0) is 12.1. The maximum atomic E-state index is 11.8. The average Bonchev–Trinajstić information content (AvgIpc) is 2.57. The lowest BCUT2D eigenvalue weighted by Crippen LogP contribution is -2.46. The largest absolute Gasteiger partial charge is 0.352 e. The Hall–Kier alpha value is -0.220. The fourth-order valence-corrected chi connectivity index (χ4v) is 2.72. The Bertz CT molecular complexity index is 235. The van der Waals surface area contributed by atoms with Crippen molar-refractivity contribution < 1.29 is 4.79 Å². The van der Waals surface area contributed by atoms with Crippen LogP contribution in [0.4, 0.5) is 0 Å². The summed E-state index contributed by atoms with van der Waals surface area (Å²) in [5.41, 5.74) is 5.84. The Morgan fingerprint density at radius 1 is 1.50 bits per heavy atom. The lowest BCUT2D eigenvalue weighted by atomic mass is 9.97. The summed E-state index contributed by atoms with van der Waals surface area (Å²) in [6.45, 7) is 4.47. The minimum atomic E-state index is -0.337. The summed E-state index contributed by atoms with van der Waals surface area (Å²) in [7, 11) is 0. The number of carbonyl (C=O) groups is 1. The van der Waals surface area contributed by atoms with E-state index in [2.05, 4.69) is 19.2 Å². The molecule has 1 aliphatic carbocycles. The molecule has 4 atom stereocenters. The first-order valence-corrected chi connectivity index (χ1v) is 7.50. The van der Waals surface area contributed by atoms with Crippen LogP contribution in [0.3, 0.4) is 0 Å². The van der Waals surface area contributed by atoms with Gasteiger partial charge in [-0.25, -0.2) is 0 Å². The molecular formula is C12H24N2OS. The van der Waals surface area contributed by atoms with Crippen LogP contribution in [0, 0.1) is 11.8 Å². The van der Waals surface area contributed by atoms with Gasteiger partial charge in [0, 0.05) is 6.04 Å². The van der Waals surface area contributed by atoms with E-state index in [1.54, 1.807) is 11.8 Å². The van der Waals surface area contributed by atoms with Crippen molar-refractivity contribution >= 4 is 17.7 Å². The Labute approximate surface area is 103 Å². The average molecular weight is 244 g/mol. The fourth-order valence-electron chi connectivity index (χ4n) is 2.23. The van der Waals surface area contributed by atoms with E-state index in [1.807, 2.05) is 6.26 Å². The van der Waals surface area contributed by atoms with E-state index < -0.39 is 0 Å². The summed E-state index contributed by atoms with van der Waals surface area (Å²) in [6.07, 6.45) is 5.12. The topological polar surface area (TPSA) is 55.1 Å². The van der Waals surface area contributed by atoms with Crippen LogP contribution in [0.25, 0.3) is 0 Å². The maximum absolute atomic E-state index is 11.8. The Morgan fingerprint density at radius 2 is 2.19 bits per heavy atom. The first-order chi connectivity index (χ1) is 7.56. The second-order valence-corrected chi connectivity index (χ2v) is 5.90. The quantitative estimate of drug-likeness (QED) is 0.772. The first-order valence-electron chi connectivity index (χ1n) is 6.11. The molecule has 0 aromatic heterocycles. The number of hydrogen-bond acceptors (Lipinski definition) is 3. The monoisotopic (exact) mass is 244 g/mol. The van der Waals surface area contributed by atoms with Crippen molar-refractivity contribution in [3.8, 4) is 0 Å². The molecule has 1 fully saturated rings. The number of hydrogen-bond donors (Lipinski definition) is 2. The van der Waals surface area contributed by atoms with Crippen LogP contribution in [0.15, 0.2) is 0 Å². The third-order valence-electron chi connectivity index (χ3n) is 3.76. The van der Waals surface area contributed by atoms with Gasteiger partial charge in [-0.2, -0.15) is 11.8 Å². The van der Waals surface area contributed by atoms with Gasteiger partial charge in [-0.3, -0.25) is 4.79 Å². The highest BCUT2D eigenvalue weighted by Gasteiger charge is 2.31. The van der Waals surface area contributed by atoms with E-state index in [1.165, 1.54) is 6.42 Å². The van der Waals surface area contributed by atoms with Gasteiger partial charge in [-0.15, -0.1) is 0 Å². The molecule has 1 rings (SSSR count). The number of carbonyl (C=O) groups excluding carboxylic acids is 1. The van der Waals surface area contributed by atoms with Gasteiger partial charge >= 0.3 is 0 Å². The van der Waals surface area contributed by atoms with E-state index in [0.717, 1.165) is 18.6 Å². The summed E-state index contributed by atoms with van der Waals surface area (Å²) in [5.74, 6) is 2.27. The summed E-state index contributed by atoms with van der Waals surface area (Å²) in [5, 5.41) is 3.09. The predicted octanol–water partition coefficient (Wildman–Crippen LogP) is 1.62. The van der Waals surface area contributed by atoms with Gasteiger partial charge in [0.1, 0.15) is 0 Å². The molecular weight excluding hydrogens is 220 g/mol. The highest BCUT2D eigenvalue weighted by Crippen LogP contribution is 2.31. The van der Waals surface area contributed by atoms with E-state index in [4.69, 9.17) is 5.73 Å². The smallest absolute Gasteiger partial charge is 0.237 e. The summed E-state index contributed by atoms with van der Waals surface area (Å²) >= 11 is 1.73. The van der Waals surface area contributed by atoms with E-state index in [0.29, 0.717) is 17.9 Å². The van der Waals surface area contributed by atoms with Gasteiger partial charge in [0.2, 0.25) is 5.91 Å². The molecule has 1 aliphatic rings. The molecule has 3 nitrogen and oxygen atoms in total. The minimum absolute atomic E-state index is 0.0278. The number of nitrogens with one attached hydrogen (secondary N) is 1. The van der Waals surface area contributed by atoms with Crippen LogP contribution in [0.5, 0.6) is 0 Å². The van der Waals surface area contributed by atoms with Crippen LogP contribution < -0.4 is 11.1 Å². The number of nitrogens with two attached hydrogens (primary N) is 1. The molecule has 94 valence electrons. The second kappa shape index (κ2) is 6.50. The van der Waals surface area contributed by atoms with Gasteiger partial charge in [-0.05, 0) is 43.1 Å². The predicted molar refractivity (Wildman–Crippen MR) is 70.5 cm³/mol. The van der Waals surface area contributed by atoms with Crippen LogP contribution >= 0.6 is 11.8 Å². The number of rotatable bonds is 5. The van der Waals surface area contributed by atoms with E-state index in [9.17, 15) is 4.79 Å². The van der Waals surface area contributed by atoms with E-state index in [-0.39, 0.29) is 11.9 Å². The highest BCUT2D eigenvalue weighted by molar-refractivity contribution is 7.98. The van der Waals surface area contributed by atoms with Gasteiger partial charge in [0.05, 0.1) is 6.04 Å². The lowest BCUT2D eigenvalue weighted by molar-refractivity contribution is -0.123. The molecule has 1 saturated carbocycles. The van der Waals surface area contributed by atoms with Crippen molar-refractivity contribution in [1.82, 2.24) is 5.32 Å². The van der Waals surface area contributed by atoms with Crippen molar-refractivity contribution in [1.29, 1.82) is 0 Å². The Balaban J connectivity index is 2.33. The molecule has 0 spiro atoms. The molecule has 3 unspecified atom stereocenters. The van der Waals surface area contributed by atoms with Crippen molar-refractivity contribution in [3.05, 3.63) is 0 Å². The van der Waals surface area contributed by atoms with Crippen molar-refractivity contribution in [3.63, 3.8) is 0 Å². The SMILES string of the molecule is CSCC[C@H](N)C(=O)NC1CCC(C)C1C. The van der Waals surface area contributed by atoms with Crippen LogP contribution in [-0.2, 0) is 4.79 Å². The zero-order valence-electron chi connectivity index (χ0n) is 10.5. The zero-order valence-corrected chi connectivity index (χ0v) is 11.3. The van der Waals surface area contributed by atoms with Gasteiger partial charge in [0.15, 0.2) is 0 Å². The molecule has 0 bridgehead atoms. The van der Waals surface area contributed by atoms with E-state index >= 15 is 0 Å². The van der Waals surface area contributed by atoms with Gasteiger partial charge in [0.25, 0.3) is 0 Å². The Kier molecular flexibility index (Phi) is 5.62. The molecule has 1 amide bonds. The molecule has 0 aliphatic heterocycles. The molecule has 16 heavy (non-hydrogen) atoms. The summed E-state index contributed by atoms with van der Waals surface area (Å²) < 4.78 is 0. The molecule has 0 heterocycles. The summed E-state index contributed by atoms with van der Waals surface area (Å²) in [4.78, 5) is 11.8. The van der Waals surface area contributed by atoms with Crippen LogP contribution in [0.2, 0.25) is 0 Å². The van der Waals surface area contributed by atoms with Crippen molar-refractivity contribution in [2.75, 3.05) is 12.0 Å². The number of amides is 1. The maximum Gasteiger partial charge on any atom is 0.237 e. The van der Waals surface area contributed by atoms with Gasteiger partial charge in [-0.1, -0.05) is 13.8 Å². The first kappa shape index (κ1) is 13.8. The van der Waals surface area contributed by atoms with Crippen LogP contribution in [0.1, 0.15) is 33.1 Å². The fraction of sp³-hybridized carbons (Fsp3) is 0.917. The summed E-state index contributed by atoms with van der Waals surface area (Å²) in [6, 6.07) is -0.00149. The molecule has 3 N–H and O–H groups in total. The molecule has 0 aromatic rings. The molecule has 0 saturated heterocycles.